The first-order valence-corrected chi connectivity index (χ1v) is 7.74. The van der Waals surface area contributed by atoms with Crippen molar-refractivity contribution in [3.63, 3.8) is 0 Å². The molecule has 0 unspecified atom stereocenters. The summed E-state index contributed by atoms with van der Waals surface area (Å²) in [6.45, 7) is 0. The Morgan fingerprint density at radius 1 is 1.57 bits per heavy atom. The summed E-state index contributed by atoms with van der Waals surface area (Å²) in [7, 11) is 3.16. The van der Waals surface area contributed by atoms with Gasteiger partial charge in [-0.05, 0) is 6.07 Å². The molecule has 0 radical (unpaired) electrons. The average molecular weight is 357 g/mol. The third kappa shape index (κ3) is 3.80. The number of nitro groups is 1. The van der Waals surface area contributed by atoms with Crippen LogP contribution in [0, 0.1) is 10.1 Å². The molecule has 1 N–H and O–H groups in total. The summed E-state index contributed by atoms with van der Waals surface area (Å²) in [6, 6.07) is 3.75. The molecule has 8 nitrogen and oxygen atoms in total. The van der Waals surface area contributed by atoms with Crippen LogP contribution in [0.3, 0.4) is 0 Å². The third-order valence-corrected chi connectivity index (χ3v) is 4.79. The predicted octanol–water partition coefficient (Wildman–Crippen LogP) is 2.14. The molecular weight excluding hydrogens is 344 g/mol. The number of amidine groups is 1. The van der Waals surface area contributed by atoms with Crippen LogP contribution >= 0.6 is 23.4 Å². The molecule has 10 heteroatoms. The number of nitro benzene ring substituents is 1. The highest BCUT2D eigenvalue weighted by Crippen LogP contribution is 2.30. The number of hydrogen-bond acceptors (Lipinski definition) is 6. The first kappa shape index (κ1) is 17.2. The van der Waals surface area contributed by atoms with Gasteiger partial charge in [0, 0.05) is 32.6 Å². The second kappa shape index (κ2) is 6.97. The van der Waals surface area contributed by atoms with Crippen LogP contribution in [0.5, 0.6) is 0 Å². The van der Waals surface area contributed by atoms with E-state index in [0.717, 1.165) is 0 Å². The van der Waals surface area contributed by atoms with E-state index in [1.54, 1.807) is 14.1 Å². The molecule has 2 rings (SSSR count). The summed E-state index contributed by atoms with van der Waals surface area (Å²) in [5, 5.41) is 13.4. The van der Waals surface area contributed by atoms with Gasteiger partial charge < -0.3 is 5.32 Å². The van der Waals surface area contributed by atoms with E-state index >= 15 is 0 Å². The highest BCUT2D eigenvalue weighted by molar-refractivity contribution is 8.15. The number of anilines is 1. The summed E-state index contributed by atoms with van der Waals surface area (Å²) >= 11 is 7.12. The number of halogens is 1. The molecule has 1 aliphatic rings. The Balaban J connectivity index is 2.07. The van der Waals surface area contributed by atoms with E-state index in [9.17, 15) is 19.7 Å². The summed E-state index contributed by atoms with van der Waals surface area (Å²) < 4.78 is 0. The van der Waals surface area contributed by atoms with E-state index in [1.807, 2.05) is 0 Å². The molecule has 1 atom stereocenters. The number of hydrogen-bond donors (Lipinski definition) is 1. The minimum Gasteiger partial charge on any atom is -0.325 e. The third-order valence-electron chi connectivity index (χ3n) is 3.14. The van der Waals surface area contributed by atoms with Gasteiger partial charge in [-0.25, -0.2) is 0 Å². The lowest BCUT2D eigenvalue weighted by Gasteiger charge is -2.10. The van der Waals surface area contributed by atoms with Gasteiger partial charge in [0.15, 0.2) is 5.17 Å². The molecule has 23 heavy (non-hydrogen) atoms. The molecule has 1 aromatic carbocycles. The quantitative estimate of drug-likeness (QED) is 0.657. The van der Waals surface area contributed by atoms with Crippen molar-refractivity contribution >= 4 is 51.7 Å². The molecule has 1 saturated heterocycles. The lowest BCUT2D eigenvalue weighted by molar-refractivity contribution is -0.384. The normalized spacial score (nSPS) is 19.3. The molecule has 1 fully saturated rings. The zero-order valence-electron chi connectivity index (χ0n) is 12.3. The SMILES string of the molecule is CN=C1S[C@@H](CC(=O)Nc2cc([N+](=O)[O-])ccc2Cl)C(=O)N1C. The maximum absolute atomic E-state index is 12.1. The molecule has 2 amide bonds. The molecule has 1 heterocycles. The summed E-state index contributed by atoms with van der Waals surface area (Å²) in [6.07, 6.45) is -0.0775. The Hall–Kier alpha value is -2.13. The molecule has 1 aromatic rings. The number of amides is 2. The molecule has 0 spiro atoms. The fourth-order valence-corrected chi connectivity index (χ4v) is 3.26. The standard InChI is InChI=1S/C13H13ClN4O4S/c1-15-13-17(2)12(20)10(23-13)6-11(19)16-9-5-7(18(21)22)3-4-8(9)14/h3-5,10H,6H2,1-2H3,(H,16,19)/t10-/m0/s1. The smallest absolute Gasteiger partial charge is 0.271 e. The summed E-state index contributed by atoms with van der Waals surface area (Å²) in [4.78, 5) is 39.6. The first-order chi connectivity index (χ1) is 10.8. The van der Waals surface area contributed by atoms with Crippen molar-refractivity contribution in [1.29, 1.82) is 0 Å². The van der Waals surface area contributed by atoms with Crippen LogP contribution < -0.4 is 5.32 Å². The van der Waals surface area contributed by atoms with Crippen molar-refractivity contribution in [1.82, 2.24) is 4.90 Å². The van der Waals surface area contributed by atoms with Crippen molar-refractivity contribution in [3.05, 3.63) is 33.3 Å². The van der Waals surface area contributed by atoms with E-state index in [1.165, 1.54) is 34.9 Å². The van der Waals surface area contributed by atoms with Gasteiger partial charge in [-0.1, -0.05) is 23.4 Å². The molecular formula is C13H13ClN4O4S. The van der Waals surface area contributed by atoms with Crippen molar-refractivity contribution in [2.45, 2.75) is 11.7 Å². The van der Waals surface area contributed by atoms with E-state index in [4.69, 9.17) is 11.6 Å². The Labute approximate surface area is 141 Å². The minimum atomic E-state index is -0.582. The average Bonchev–Trinajstić information content (AvgIpc) is 2.77. The number of carbonyl (C=O) groups excluding carboxylic acids is 2. The lowest BCUT2D eigenvalue weighted by Crippen LogP contribution is -2.30. The number of nitrogens with zero attached hydrogens (tertiary/aromatic N) is 3. The van der Waals surface area contributed by atoms with E-state index in [2.05, 4.69) is 10.3 Å². The number of non-ortho nitro benzene ring substituents is 1. The number of nitrogens with one attached hydrogen (secondary N) is 1. The first-order valence-electron chi connectivity index (χ1n) is 6.48. The van der Waals surface area contributed by atoms with Gasteiger partial charge in [0.2, 0.25) is 11.8 Å². The van der Waals surface area contributed by atoms with Crippen LogP contribution in [0.1, 0.15) is 6.42 Å². The zero-order chi connectivity index (χ0) is 17.1. The summed E-state index contributed by atoms with van der Waals surface area (Å²) in [5.41, 5.74) is -0.0461. The van der Waals surface area contributed by atoms with Gasteiger partial charge in [-0.2, -0.15) is 0 Å². The van der Waals surface area contributed by atoms with Crippen molar-refractivity contribution < 1.29 is 14.5 Å². The second-order valence-electron chi connectivity index (χ2n) is 4.68. The molecule has 0 bridgehead atoms. The minimum absolute atomic E-state index is 0.0775. The number of aliphatic imine (C=N–C) groups is 1. The Bertz CT molecular complexity index is 709. The Kier molecular flexibility index (Phi) is 5.22. The molecule has 122 valence electrons. The number of carbonyl (C=O) groups is 2. The van der Waals surface area contributed by atoms with Crippen LogP contribution in [-0.2, 0) is 9.59 Å². The second-order valence-corrected chi connectivity index (χ2v) is 6.26. The number of thioether (sulfide) groups is 1. The van der Waals surface area contributed by atoms with Gasteiger partial charge in [-0.3, -0.25) is 29.6 Å². The molecule has 0 aromatic heterocycles. The van der Waals surface area contributed by atoms with Crippen molar-refractivity contribution in [3.8, 4) is 0 Å². The van der Waals surface area contributed by atoms with Crippen LogP contribution in [0.15, 0.2) is 23.2 Å². The molecule has 0 aliphatic carbocycles. The molecule has 0 saturated carbocycles. The maximum Gasteiger partial charge on any atom is 0.271 e. The van der Waals surface area contributed by atoms with Gasteiger partial charge in [0.1, 0.15) is 5.25 Å². The van der Waals surface area contributed by atoms with Gasteiger partial charge >= 0.3 is 0 Å². The van der Waals surface area contributed by atoms with Crippen LogP contribution in [0.2, 0.25) is 5.02 Å². The van der Waals surface area contributed by atoms with Crippen LogP contribution in [-0.4, -0.2) is 46.2 Å². The van der Waals surface area contributed by atoms with Gasteiger partial charge in [0.05, 0.1) is 15.6 Å². The van der Waals surface area contributed by atoms with E-state index in [-0.39, 0.29) is 28.7 Å². The predicted molar refractivity (Wildman–Crippen MR) is 88.9 cm³/mol. The van der Waals surface area contributed by atoms with Crippen LogP contribution in [0.4, 0.5) is 11.4 Å². The van der Waals surface area contributed by atoms with Gasteiger partial charge in [0.25, 0.3) is 5.69 Å². The van der Waals surface area contributed by atoms with E-state index in [0.29, 0.717) is 5.17 Å². The Morgan fingerprint density at radius 2 is 2.26 bits per heavy atom. The van der Waals surface area contributed by atoms with E-state index < -0.39 is 16.1 Å². The molecule has 1 aliphatic heterocycles. The maximum atomic E-state index is 12.1. The van der Waals surface area contributed by atoms with Crippen LogP contribution in [0.25, 0.3) is 0 Å². The summed E-state index contributed by atoms with van der Waals surface area (Å²) in [5.74, 6) is -0.667. The number of benzene rings is 1. The Morgan fingerprint density at radius 3 is 2.83 bits per heavy atom. The van der Waals surface area contributed by atoms with Crippen molar-refractivity contribution in [2.75, 3.05) is 19.4 Å². The lowest BCUT2D eigenvalue weighted by atomic mass is 10.2. The highest BCUT2D eigenvalue weighted by atomic mass is 35.5. The largest absolute Gasteiger partial charge is 0.325 e. The highest BCUT2D eigenvalue weighted by Gasteiger charge is 2.36. The van der Waals surface area contributed by atoms with Gasteiger partial charge in [-0.15, -0.1) is 0 Å². The monoisotopic (exact) mass is 356 g/mol. The number of rotatable bonds is 4. The topological polar surface area (TPSA) is 105 Å². The van der Waals surface area contributed by atoms with Crippen molar-refractivity contribution in [2.24, 2.45) is 4.99 Å². The zero-order valence-corrected chi connectivity index (χ0v) is 13.8. The fourth-order valence-electron chi connectivity index (χ4n) is 1.99. The fraction of sp³-hybridized carbons (Fsp3) is 0.308.